The summed E-state index contributed by atoms with van der Waals surface area (Å²) in [7, 11) is 0. The molecule has 2 heteroatoms. The van der Waals surface area contributed by atoms with Crippen LogP contribution in [0.15, 0.2) is 40.6 Å². The van der Waals surface area contributed by atoms with Gasteiger partial charge in [0.05, 0.1) is 5.03 Å². The molecule has 0 aromatic rings. The van der Waals surface area contributed by atoms with Crippen LogP contribution in [0.4, 0.5) is 0 Å². The lowest BCUT2D eigenvalue weighted by Gasteiger charge is -1.96. The summed E-state index contributed by atoms with van der Waals surface area (Å²) in [6.07, 6.45) is 8.51. The fraction of sp³-hybridized carbons (Fsp3) is 0.364. The van der Waals surface area contributed by atoms with E-state index in [0.29, 0.717) is 10.9 Å². The monoisotopic (exact) mass is 216 g/mol. The van der Waals surface area contributed by atoms with Crippen molar-refractivity contribution in [3.8, 4) is 0 Å². The fourth-order valence-electron chi connectivity index (χ4n) is 0.759. The van der Waals surface area contributed by atoms with Crippen LogP contribution in [0.25, 0.3) is 0 Å². The van der Waals surface area contributed by atoms with Gasteiger partial charge in [-0.2, -0.15) is 0 Å². The third-order valence-electron chi connectivity index (χ3n) is 1.38. The molecular formula is C11H14Cl2. The van der Waals surface area contributed by atoms with Gasteiger partial charge < -0.3 is 0 Å². The van der Waals surface area contributed by atoms with Gasteiger partial charge in [0.15, 0.2) is 0 Å². The van der Waals surface area contributed by atoms with Crippen molar-refractivity contribution in [3.63, 3.8) is 0 Å². The summed E-state index contributed by atoms with van der Waals surface area (Å²) >= 11 is 11.7. The number of hydrogen-bond acceptors (Lipinski definition) is 0. The summed E-state index contributed by atoms with van der Waals surface area (Å²) in [6, 6.07) is 0. The second kappa shape index (κ2) is 8.19. The van der Waals surface area contributed by atoms with Crippen LogP contribution in [-0.2, 0) is 0 Å². The van der Waals surface area contributed by atoms with Crippen molar-refractivity contribution in [2.45, 2.75) is 20.3 Å². The minimum atomic E-state index is 0.434. The first-order chi connectivity index (χ1) is 6.26. The highest BCUT2D eigenvalue weighted by Crippen LogP contribution is 2.15. The predicted octanol–water partition coefficient (Wildman–Crippen LogP) is 4.42. The zero-order valence-corrected chi connectivity index (χ0v) is 9.49. The van der Waals surface area contributed by atoms with Crippen molar-refractivity contribution in [2.24, 2.45) is 0 Å². The molecule has 0 saturated heterocycles. The number of allylic oxidation sites excluding steroid dienone is 5. The normalized spacial score (nSPS) is 11.5. The Morgan fingerprint density at radius 2 is 2.15 bits per heavy atom. The summed E-state index contributed by atoms with van der Waals surface area (Å²) in [5, 5.41) is 0.593. The van der Waals surface area contributed by atoms with E-state index in [2.05, 4.69) is 5.73 Å². The second-order valence-electron chi connectivity index (χ2n) is 2.42. The molecule has 0 aromatic carbocycles. The third-order valence-corrected chi connectivity index (χ3v) is 2.01. The molecule has 0 aliphatic heterocycles. The lowest BCUT2D eigenvalue weighted by molar-refractivity contribution is 1.19. The minimum Gasteiger partial charge on any atom is -0.121 e. The highest BCUT2D eigenvalue weighted by atomic mass is 35.5. The van der Waals surface area contributed by atoms with Crippen LogP contribution in [0, 0.1) is 0 Å². The van der Waals surface area contributed by atoms with Gasteiger partial charge in [-0.3, -0.25) is 0 Å². The Hall–Kier alpha value is -0.420. The second-order valence-corrected chi connectivity index (χ2v) is 3.07. The number of rotatable bonds is 4. The number of halogens is 2. The van der Waals surface area contributed by atoms with Crippen molar-refractivity contribution in [3.05, 3.63) is 40.6 Å². The van der Waals surface area contributed by atoms with Gasteiger partial charge in [-0.25, -0.2) is 0 Å². The molecule has 0 rings (SSSR count). The highest BCUT2D eigenvalue weighted by molar-refractivity contribution is 6.33. The van der Waals surface area contributed by atoms with E-state index in [1.807, 2.05) is 32.1 Å². The van der Waals surface area contributed by atoms with Gasteiger partial charge in [-0.1, -0.05) is 36.8 Å². The zero-order valence-electron chi connectivity index (χ0n) is 7.98. The largest absolute Gasteiger partial charge is 0.121 e. The average Bonchev–Trinajstić information content (AvgIpc) is 2.14. The summed E-state index contributed by atoms with van der Waals surface area (Å²) < 4.78 is 0. The molecule has 0 aliphatic rings. The Kier molecular flexibility index (Phi) is 7.93. The van der Waals surface area contributed by atoms with Crippen molar-refractivity contribution in [2.75, 3.05) is 5.88 Å². The molecule has 13 heavy (non-hydrogen) atoms. The van der Waals surface area contributed by atoms with Crippen LogP contribution < -0.4 is 0 Å². The molecule has 0 saturated carbocycles. The molecule has 72 valence electrons. The molecule has 0 radical (unpaired) electrons. The Labute approximate surface area is 90.2 Å². The van der Waals surface area contributed by atoms with Gasteiger partial charge in [-0.05, 0) is 25.0 Å². The van der Waals surface area contributed by atoms with E-state index in [4.69, 9.17) is 23.2 Å². The molecule has 0 atom stereocenters. The van der Waals surface area contributed by atoms with Gasteiger partial charge in [0, 0.05) is 5.88 Å². The minimum absolute atomic E-state index is 0.434. The van der Waals surface area contributed by atoms with Gasteiger partial charge in [0.25, 0.3) is 0 Å². The molecule has 0 bridgehead atoms. The fourth-order valence-corrected chi connectivity index (χ4v) is 1.28. The molecule has 0 aromatic heterocycles. The van der Waals surface area contributed by atoms with E-state index in [0.717, 1.165) is 12.0 Å². The van der Waals surface area contributed by atoms with Crippen molar-refractivity contribution >= 4 is 23.2 Å². The summed E-state index contributed by atoms with van der Waals surface area (Å²) in [5.74, 6) is 0.434. The van der Waals surface area contributed by atoms with E-state index in [-0.39, 0.29) is 0 Å². The van der Waals surface area contributed by atoms with Gasteiger partial charge in [0.2, 0.25) is 0 Å². The quantitative estimate of drug-likeness (QED) is 0.371. The Morgan fingerprint density at radius 1 is 1.46 bits per heavy atom. The molecule has 0 nitrogen and oxygen atoms in total. The summed E-state index contributed by atoms with van der Waals surface area (Å²) in [4.78, 5) is 0. The van der Waals surface area contributed by atoms with Crippen LogP contribution in [0.1, 0.15) is 20.3 Å². The van der Waals surface area contributed by atoms with E-state index in [1.54, 1.807) is 6.08 Å². The van der Waals surface area contributed by atoms with Crippen LogP contribution >= 0.6 is 23.2 Å². The predicted molar refractivity (Wildman–Crippen MR) is 61.4 cm³/mol. The van der Waals surface area contributed by atoms with Crippen molar-refractivity contribution in [1.82, 2.24) is 0 Å². The zero-order chi connectivity index (χ0) is 10.1. The summed E-state index contributed by atoms with van der Waals surface area (Å²) in [5.41, 5.74) is 3.87. The Balaban J connectivity index is 4.63. The van der Waals surface area contributed by atoms with Crippen molar-refractivity contribution in [1.29, 1.82) is 0 Å². The van der Waals surface area contributed by atoms with Crippen LogP contribution in [0.3, 0.4) is 0 Å². The van der Waals surface area contributed by atoms with Gasteiger partial charge in [0.1, 0.15) is 0 Å². The molecule has 0 spiro atoms. The SMILES string of the molecule is C/C=C\C=C=C(Cl)/C(=C\CC)CCl. The lowest BCUT2D eigenvalue weighted by atomic mass is 10.2. The smallest absolute Gasteiger partial charge is 0.0865 e. The third kappa shape index (κ3) is 5.76. The highest BCUT2D eigenvalue weighted by Gasteiger charge is 1.97. The first-order valence-corrected chi connectivity index (χ1v) is 5.16. The van der Waals surface area contributed by atoms with E-state index in [1.165, 1.54) is 0 Å². The Bertz CT molecular complexity index is 253. The van der Waals surface area contributed by atoms with Crippen molar-refractivity contribution < 1.29 is 0 Å². The molecule has 0 heterocycles. The molecule has 0 unspecified atom stereocenters. The van der Waals surface area contributed by atoms with Crippen LogP contribution in [-0.4, -0.2) is 5.88 Å². The average molecular weight is 217 g/mol. The maximum absolute atomic E-state index is 5.95. The standard InChI is InChI=1S/C11H14Cl2/c1-3-5-6-8-11(13)10(9-12)7-4-2/h3,5-7H,4,9H2,1-2H3/b5-3-,10-7-. The molecule has 0 amide bonds. The lowest BCUT2D eigenvalue weighted by Crippen LogP contribution is -1.83. The van der Waals surface area contributed by atoms with Crippen LogP contribution in [0.2, 0.25) is 0 Å². The molecule has 0 aliphatic carbocycles. The van der Waals surface area contributed by atoms with E-state index in [9.17, 15) is 0 Å². The Morgan fingerprint density at radius 3 is 2.62 bits per heavy atom. The summed E-state index contributed by atoms with van der Waals surface area (Å²) in [6.45, 7) is 3.99. The molecule has 0 N–H and O–H groups in total. The first-order valence-electron chi connectivity index (χ1n) is 4.25. The number of hydrogen-bond donors (Lipinski definition) is 0. The molecular weight excluding hydrogens is 203 g/mol. The topological polar surface area (TPSA) is 0 Å². The number of alkyl halides is 1. The van der Waals surface area contributed by atoms with Crippen LogP contribution in [0.5, 0.6) is 0 Å². The maximum Gasteiger partial charge on any atom is 0.0865 e. The molecule has 0 fully saturated rings. The maximum atomic E-state index is 5.95. The van der Waals surface area contributed by atoms with E-state index >= 15 is 0 Å². The van der Waals surface area contributed by atoms with Gasteiger partial charge >= 0.3 is 0 Å². The first kappa shape index (κ1) is 12.6. The van der Waals surface area contributed by atoms with Gasteiger partial charge in [-0.15, -0.1) is 17.3 Å². The van der Waals surface area contributed by atoms with E-state index < -0.39 is 0 Å².